The van der Waals surface area contributed by atoms with Crippen molar-refractivity contribution in [3.05, 3.63) is 22.8 Å². The summed E-state index contributed by atoms with van der Waals surface area (Å²) in [5.41, 5.74) is 0. The minimum atomic E-state index is -8.45. The van der Waals surface area contributed by atoms with Gasteiger partial charge in [0, 0.05) is 16.0 Å². The zero-order valence-corrected chi connectivity index (χ0v) is 17.7. The number of alkyl halides is 1. The average Bonchev–Trinajstić information content (AvgIpc) is 2.48. The van der Waals surface area contributed by atoms with Gasteiger partial charge in [-0.15, -0.1) is 27.1 Å². The maximum atomic E-state index is 14.3. The Bertz CT molecular complexity index is 535. The maximum Gasteiger partial charge on any atom is 0.202 e. The van der Waals surface area contributed by atoms with Crippen LogP contribution in [0.1, 0.15) is 64.7 Å². The van der Waals surface area contributed by atoms with Crippen molar-refractivity contribution >= 4 is 37.4 Å². The van der Waals surface area contributed by atoms with Crippen molar-refractivity contribution in [2.75, 3.05) is 5.75 Å². The Morgan fingerprint density at radius 3 is 2.08 bits per heavy atom. The van der Waals surface area contributed by atoms with Crippen molar-refractivity contribution in [1.29, 1.82) is 0 Å². The fourth-order valence-electron chi connectivity index (χ4n) is 2.66. The Labute approximate surface area is 161 Å². The lowest BCUT2D eigenvalue weighted by molar-refractivity contribution is 0.432. The predicted octanol–water partition coefficient (Wildman–Crippen LogP) is 8.76. The molecule has 0 aromatic carbocycles. The van der Waals surface area contributed by atoms with Crippen molar-refractivity contribution in [2.45, 2.75) is 75.1 Å². The summed E-state index contributed by atoms with van der Waals surface area (Å²) in [6.07, 6.45) is 9.39. The molecule has 0 radical (unpaired) electrons. The van der Waals surface area contributed by atoms with Gasteiger partial charge in [0.25, 0.3) is 0 Å². The van der Waals surface area contributed by atoms with Crippen LogP contribution >= 0.6 is 37.4 Å². The summed E-state index contributed by atoms with van der Waals surface area (Å²) in [5, 5.41) is -2.72. The molecule has 0 amide bonds. The SMILES string of the molecule is CCCCCCCCCCC(Cl)CS(F)(F)(F)(F)c1ccc(Br)cn1. The third kappa shape index (κ3) is 8.48. The normalized spacial score (nSPS) is 16.3. The first-order valence-corrected chi connectivity index (χ1v) is 12.2. The van der Waals surface area contributed by atoms with Gasteiger partial charge in [0.05, 0.1) is 5.75 Å². The quantitative estimate of drug-likeness (QED) is 0.170. The molecule has 1 unspecified atom stereocenters. The van der Waals surface area contributed by atoms with E-state index in [-0.39, 0.29) is 6.42 Å². The Morgan fingerprint density at radius 2 is 1.56 bits per heavy atom. The number of hydrogen-bond acceptors (Lipinski definition) is 1. The second-order valence-corrected chi connectivity index (χ2v) is 11.3. The van der Waals surface area contributed by atoms with E-state index in [4.69, 9.17) is 11.6 Å². The van der Waals surface area contributed by atoms with Crippen molar-refractivity contribution < 1.29 is 15.5 Å². The fraction of sp³-hybridized carbons (Fsp3) is 0.706. The molecule has 1 rings (SSSR count). The van der Waals surface area contributed by atoms with Crippen molar-refractivity contribution in [3.8, 4) is 0 Å². The van der Waals surface area contributed by atoms with E-state index in [1.165, 1.54) is 19.3 Å². The zero-order chi connectivity index (χ0) is 19.0. The third-order valence-corrected chi connectivity index (χ3v) is 7.32. The van der Waals surface area contributed by atoms with E-state index < -0.39 is 26.0 Å². The molecule has 1 aromatic rings. The van der Waals surface area contributed by atoms with Crippen molar-refractivity contribution in [3.63, 3.8) is 0 Å². The van der Waals surface area contributed by atoms with Crippen LogP contribution in [-0.2, 0) is 0 Å². The van der Waals surface area contributed by atoms with E-state index in [2.05, 4.69) is 27.8 Å². The van der Waals surface area contributed by atoms with Gasteiger partial charge in [0.2, 0.25) is 9.84 Å². The van der Waals surface area contributed by atoms with Gasteiger partial charge in [-0.3, -0.25) is 0 Å². The molecule has 1 nitrogen and oxygen atoms in total. The predicted molar refractivity (Wildman–Crippen MR) is 104 cm³/mol. The van der Waals surface area contributed by atoms with E-state index in [1.807, 2.05) is 0 Å². The molecule has 1 aromatic heterocycles. The molecule has 0 saturated heterocycles. The Hall–Kier alpha value is -0.0100. The third-order valence-electron chi connectivity index (χ3n) is 4.05. The molecule has 0 N–H and O–H groups in total. The summed E-state index contributed by atoms with van der Waals surface area (Å²) in [4.78, 5) is 3.24. The van der Waals surface area contributed by atoms with Crippen LogP contribution in [0, 0.1) is 0 Å². The van der Waals surface area contributed by atoms with Gasteiger partial charge in [-0.1, -0.05) is 58.3 Å². The Morgan fingerprint density at radius 1 is 1.00 bits per heavy atom. The summed E-state index contributed by atoms with van der Waals surface area (Å²) in [6.45, 7) is 2.15. The minimum Gasteiger partial charge on any atom is -0.242 e. The highest BCUT2D eigenvalue weighted by atomic mass is 79.9. The molecule has 0 spiro atoms. The lowest BCUT2D eigenvalue weighted by Gasteiger charge is -2.49. The van der Waals surface area contributed by atoms with Crippen LogP contribution < -0.4 is 0 Å². The van der Waals surface area contributed by atoms with Crippen LogP contribution in [0.25, 0.3) is 0 Å². The number of nitrogens with zero attached hydrogens (tertiary/aromatic N) is 1. The lowest BCUT2D eigenvalue weighted by atomic mass is 10.1. The lowest BCUT2D eigenvalue weighted by Crippen LogP contribution is -2.26. The van der Waals surface area contributed by atoms with Crippen LogP contribution in [-0.4, -0.2) is 16.1 Å². The summed E-state index contributed by atoms with van der Waals surface area (Å²) < 4.78 is 57.5. The van der Waals surface area contributed by atoms with Gasteiger partial charge in [-0.2, -0.15) is 0 Å². The molecular formula is C17H27BrClF4NS. The van der Waals surface area contributed by atoms with Gasteiger partial charge < -0.3 is 0 Å². The summed E-state index contributed by atoms with van der Waals surface area (Å²) in [5.74, 6) is -1.63. The van der Waals surface area contributed by atoms with E-state index in [0.717, 1.165) is 37.9 Å². The molecule has 0 bridgehead atoms. The number of aromatic nitrogens is 1. The smallest absolute Gasteiger partial charge is 0.202 e. The van der Waals surface area contributed by atoms with E-state index in [9.17, 15) is 15.5 Å². The molecule has 0 aliphatic carbocycles. The monoisotopic (exact) mass is 467 g/mol. The van der Waals surface area contributed by atoms with Crippen LogP contribution in [0.15, 0.2) is 27.8 Å². The molecule has 0 fully saturated rings. The second kappa shape index (κ2) is 8.79. The number of halogens is 6. The first-order chi connectivity index (χ1) is 11.5. The van der Waals surface area contributed by atoms with E-state index >= 15 is 0 Å². The van der Waals surface area contributed by atoms with E-state index in [0.29, 0.717) is 17.0 Å². The topological polar surface area (TPSA) is 12.9 Å². The number of pyridine rings is 1. The molecule has 0 saturated carbocycles. The number of unbranched alkanes of at least 4 members (excludes halogenated alkanes) is 7. The fourth-order valence-corrected chi connectivity index (χ4v) is 5.53. The molecular weight excluding hydrogens is 442 g/mol. The largest absolute Gasteiger partial charge is 0.242 e. The van der Waals surface area contributed by atoms with Gasteiger partial charge in [0.15, 0.2) is 5.03 Å². The average molecular weight is 469 g/mol. The van der Waals surface area contributed by atoms with Crippen molar-refractivity contribution in [2.24, 2.45) is 0 Å². The molecule has 0 aliphatic heterocycles. The molecule has 1 heterocycles. The van der Waals surface area contributed by atoms with Crippen LogP contribution in [0.4, 0.5) is 15.5 Å². The second-order valence-electron chi connectivity index (χ2n) is 6.58. The van der Waals surface area contributed by atoms with Gasteiger partial charge >= 0.3 is 0 Å². The highest BCUT2D eigenvalue weighted by Gasteiger charge is 2.66. The van der Waals surface area contributed by atoms with Crippen LogP contribution in [0.5, 0.6) is 0 Å². The highest BCUT2D eigenvalue weighted by molar-refractivity contribution is 9.10. The molecule has 148 valence electrons. The van der Waals surface area contributed by atoms with Crippen LogP contribution in [0.2, 0.25) is 0 Å². The molecule has 1 atom stereocenters. The molecule has 8 heteroatoms. The van der Waals surface area contributed by atoms with Gasteiger partial charge in [0.1, 0.15) is 0 Å². The summed E-state index contributed by atoms with van der Waals surface area (Å²) >= 11 is 8.84. The van der Waals surface area contributed by atoms with Crippen LogP contribution in [0.3, 0.4) is 0 Å². The first kappa shape index (κ1) is 23.0. The zero-order valence-electron chi connectivity index (χ0n) is 14.5. The first-order valence-electron chi connectivity index (χ1n) is 8.72. The Kier molecular flexibility index (Phi) is 8.09. The van der Waals surface area contributed by atoms with Gasteiger partial charge in [-0.25, -0.2) is 4.98 Å². The summed E-state index contributed by atoms with van der Waals surface area (Å²) in [6, 6.07) is 1.81. The minimum absolute atomic E-state index is 0.161. The molecule has 25 heavy (non-hydrogen) atoms. The number of hydrogen-bond donors (Lipinski definition) is 0. The summed E-state index contributed by atoms with van der Waals surface area (Å²) in [7, 11) is -8.45. The molecule has 0 aliphatic rings. The highest BCUT2D eigenvalue weighted by Crippen LogP contribution is 3.00. The standard InChI is InChI=1S/C17H27BrClF4NS/c1-2-3-4-5-6-7-8-9-10-16(19)14-25(20,21,22,23)17-12-11-15(18)13-24-17/h11-13,16H,2-10,14H2,1H3. The number of rotatable bonds is 12. The van der Waals surface area contributed by atoms with Crippen molar-refractivity contribution in [1.82, 2.24) is 4.98 Å². The maximum absolute atomic E-state index is 14.3. The van der Waals surface area contributed by atoms with E-state index in [1.54, 1.807) is 0 Å². The van der Waals surface area contributed by atoms with Gasteiger partial charge in [-0.05, 0) is 34.5 Å². The Balaban J connectivity index is 2.46.